The molecule has 0 unspecified atom stereocenters. The number of hydrogen-bond donors (Lipinski definition) is 2. The van der Waals surface area contributed by atoms with Crippen LogP contribution in [0.3, 0.4) is 0 Å². The van der Waals surface area contributed by atoms with Gasteiger partial charge in [0.1, 0.15) is 5.82 Å². The molecule has 3 N–H and O–H groups in total. The number of halogens is 1. The molecule has 1 amide bonds. The van der Waals surface area contributed by atoms with Gasteiger partial charge in [-0.1, -0.05) is 23.7 Å². The lowest BCUT2D eigenvalue weighted by Crippen LogP contribution is -2.34. The zero-order valence-electron chi connectivity index (χ0n) is 14.5. The van der Waals surface area contributed by atoms with E-state index in [0.717, 1.165) is 41.3 Å². The molecule has 1 aliphatic heterocycles. The van der Waals surface area contributed by atoms with Gasteiger partial charge in [-0.3, -0.25) is 4.79 Å². The first kappa shape index (κ1) is 17.0. The number of H-pyrrole nitrogens is 1. The molecule has 1 fully saturated rings. The quantitative estimate of drug-likeness (QED) is 0.718. The second-order valence-electron chi connectivity index (χ2n) is 7.08. The van der Waals surface area contributed by atoms with Crippen molar-refractivity contribution < 1.29 is 4.79 Å². The Morgan fingerprint density at radius 2 is 1.85 bits per heavy atom. The predicted octanol–water partition coefficient (Wildman–Crippen LogP) is 4.38. The Hall–Kier alpha value is -2.46. The molecular formula is C21H22ClN3O. The monoisotopic (exact) mass is 367 g/mol. The van der Waals surface area contributed by atoms with Crippen LogP contribution in [-0.4, -0.2) is 24.0 Å². The number of rotatable bonds is 4. The number of anilines is 1. The van der Waals surface area contributed by atoms with Gasteiger partial charge in [0.25, 0.3) is 0 Å². The zero-order valence-corrected chi connectivity index (χ0v) is 15.3. The minimum absolute atomic E-state index is 0.391. The van der Waals surface area contributed by atoms with Gasteiger partial charge < -0.3 is 15.6 Å². The van der Waals surface area contributed by atoms with Crippen molar-refractivity contribution in [3.8, 4) is 0 Å². The summed E-state index contributed by atoms with van der Waals surface area (Å²) < 4.78 is 0. The second-order valence-corrected chi connectivity index (χ2v) is 7.52. The fourth-order valence-electron chi connectivity index (χ4n) is 3.77. The highest BCUT2D eigenvalue weighted by atomic mass is 35.5. The van der Waals surface area contributed by atoms with Gasteiger partial charge >= 0.3 is 0 Å². The van der Waals surface area contributed by atoms with Gasteiger partial charge in [-0.05, 0) is 67.1 Å². The maximum Gasteiger partial charge on any atom is 0.248 e. The third-order valence-corrected chi connectivity index (χ3v) is 5.54. The summed E-state index contributed by atoms with van der Waals surface area (Å²) in [6.07, 6.45) is 3.45. The van der Waals surface area contributed by atoms with Gasteiger partial charge in [0.05, 0.1) is 0 Å². The van der Waals surface area contributed by atoms with Gasteiger partial charge in [-0.25, -0.2) is 0 Å². The third kappa shape index (κ3) is 3.56. The van der Waals surface area contributed by atoms with Crippen molar-refractivity contribution >= 4 is 34.2 Å². The van der Waals surface area contributed by atoms with Crippen LogP contribution in [0, 0.1) is 5.92 Å². The molecule has 134 valence electrons. The van der Waals surface area contributed by atoms with E-state index in [1.807, 2.05) is 24.3 Å². The third-order valence-electron chi connectivity index (χ3n) is 5.28. The van der Waals surface area contributed by atoms with Gasteiger partial charge in [0.15, 0.2) is 0 Å². The van der Waals surface area contributed by atoms with Gasteiger partial charge in [-0.15, -0.1) is 0 Å². The molecule has 4 nitrogen and oxygen atoms in total. The van der Waals surface area contributed by atoms with Crippen molar-refractivity contribution in [1.29, 1.82) is 0 Å². The Kier molecular flexibility index (Phi) is 4.60. The Morgan fingerprint density at radius 3 is 2.54 bits per heavy atom. The summed E-state index contributed by atoms with van der Waals surface area (Å²) in [5.74, 6) is 1.43. The number of aromatic amines is 1. The number of piperidine rings is 1. The fourth-order valence-corrected chi connectivity index (χ4v) is 3.90. The number of aromatic nitrogens is 1. The zero-order chi connectivity index (χ0) is 18.1. The first-order chi connectivity index (χ1) is 12.6. The molecule has 2 heterocycles. The minimum Gasteiger partial charge on any atom is -0.366 e. The molecule has 1 saturated heterocycles. The SMILES string of the molecule is NC(=O)c1ccc2[nH]c(N3CCC(Cc4ccc(Cl)cc4)CC3)cc2c1. The van der Waals surface area contributed by atoms with Crippen LogP contribution < -0.4 is 10.6 Å². The van der Waals surface area contributed by atoms with E-state index in [2.05, 4.69) is 28.1 Å². The van der Waals surface area contributed by atoms with Crippen molar-refractivity contribution in [2.24, 2.45) is 11.7 Å². The average molecular weight is 368 g/mol. The lowest BCUT2D eigenvalue weighted by atomic mass is 9.90. The molecule has 0 aliphatic carbocycles. The van der Waals surface area contributed by atoms with Crippen molar-refractivity contribution in [2.45, 2.75) is 19.3 Å². The maximum absolute atomic E-state index is 11.4. The van der Waals surface area contributed by atoms with E-state index in [4.69, 9.17) is 17.3 Å². The van der Waals surface area contributed by atoms with Crippen molar-refractivity contribution in [2.75, 3.05) is 18.0 Å². The Labute approximate surface area is 157 Å². The number of amides is 1. The van der Waals surface area contributed by atoms with E-state index in [1.54, 1.807) is 6.07 Å². The van der Waals surface area contributed by atoms with Gasteiger partial charge in [0.2, 0.25) is 5.91 Å². The first-order valence-electron chi connectivity index (χ1n) is 9.00. The molecule has 0 bridgehead atoms. The van der Waals surface area contributed by atoms with E-state index in [9.17, 15) is 4.79 Å². The Balaban J connectivity index is 1.42. The van der Waals surface area contributed by atoms with E-state index in [0.29, 0.717) is 11.5 Å². The molecule has 26 heavy (non-hydrogen) atoms. The number of nitrogens with one attached hydrogen (secondary N) is 1. The van der Waals surface area contributed by atoms with Crippen molar-refractivity contribution in [1.82, 2.24) is 4.98 Å². The lowest BCUT2D eigenvalue weighted by Gasteiger charge is -2.32. The molecule has 0 spiro atoms. The van der Waals surface area contributed by atoms with Crippen LogP contribution in [0.25, 0.3) is 10.9 Å². The minimum atomic E-state index is -0.391. The van der Waals surface area contributed by atoms with Crippen LogP contribution in [-0.2, 0) is 6.42 Å². The number of nitrogens with two attached hydrogens (primary N) is 1. The van der Waals surface area contributed by atoms with E-state index < -0.39 is 5.91 Å². The van der Waals surface area contributed by atoms with Crippen LogP contribution in [0.15, 0.2) is 48.5 Å². The smallest absolute Gasteiger partial charge is 0.248 e. The molecule has 3 aromatic rings. The maximum atomic E-state index is 11.4. The number of nitrogens with zero attached hydrogens (tertiary/aromatic N) is 1. The summed E-state index contributed by atoms with van der Waals surface area (Å²) in [6, 6.07) is 15.8. The fraction of sp³-hybridized carbons (Fsp3) is 0.286. The second kappa shape index (κ2) is 7.04. The van der Waals surface area contributed by atoms with E-state index >= 15 is 0 Å². The highest BCUT2D eigenvalue weighted by Crippen LogP contribution is 2.28. The summed E-state index contributed by atoms with van der Waals surface area (Å²) in [7, 11) is 0. The first-order valence-corrected chi connectivity index (χ1v) is 9.38. The highest BCUT2D eigenvalue weighted by Gasteiger charge is 2.21. The van der Waals surface area contributed by atoms with Crippen LogP contribution in [0.2, 0.25) is 5.02 Å². The molecule has 2 aromatic carbocycles. The number of fused-ring (bicyclic) bond motifs is 1. The van der Waals surface area contributed by atoms with Crippen LogP contribution >= 0.6 is 11.6 Å². The molecule has 5 heteroatoms. The number of hydrogen-bond acceptors (Lipinski definition) is 2. The molecule has 0 atom stereocenters. The van der Waals surface area contributed by atoms with E-state index in [1.165, 1.54) is 18.4 Å². The molecule has 1 aromatic heterocycles. The van der Waals surface area contributed by atoms with Crippen molar-refractivity contribution in [3.05, 3.63) is 64.7 Å². The van der Waals surface area contributed by atoms with Gasteiger partial charge in [-0.2, -0.15) is 0 Å². The summed E-state index contributed by atoms with van der Waals surface area (Å²) in [6.45, 7) is 2.07. The summed E-state index contributed by atoms with van der Waals surface area (Å²) in [5, 5.41) is 1.82. The van der Waals surface area contributed by atoms with Crippen LogP contribution in [0.5, 0.6) is 0 Å². The number of carbonyl (C=O) groups excluding carboxylic acids is 1. The standard InChI is InChI=1S/C21H22ClN3O/c22-18-4-1-14(2-5-18)11-15-7-9-25(10-8-15)20-13-17-12-16(21(23)26)3-6-19(17)24-20/h1-6,12-13,15,24H,7-11H2,(H2,23,26). The highest BCUT2D eigenvalue weighted by molar-refractivity contribution is 6.30. The average Bonchev–Trinajstić information content (AvgIpc) is 3.07. The van der Waals surface area contributed by atoms with Crippen molar-refractivity contribution in [3.63, 3.8) is 0 Å². The normalized spacial score (nSPS) is 15.5. The molecular weight excluding hydrogens is 346 g/mol. The number of carbonyl (C=O) groups is 1. The van der Waals surface area contributed by atoms with Crippen LogP contribution in [0.1, 0.15) is 28.8 Å². The summed E-state index contributed by atoms with van der Waals surface area (Å²) >= 11 is 5.97. The van der Waals surface area contributed by atoms with Gasteiger partial charge in [0, 0.05) is 34.6 Å². The lowest BCUT2D eigenvalue weighted by molar-refractivity contribution is 0.100. The van der Waals surface area contributed by atoms with Crippen LogP contribution in [0.4, 0.5) is 5.82 Å². The summed E-state index contributed by atoms with van der Waals surface area (Å²) in [5.41, 5.74) is 8.31. The Bertz CT molecular complexity index is 924. The number of primary amides is 1. The largest absolute Gasteiger partial charge is 0.366 e. The topological polar surface area (TPSA) is 62.1 Å². The summed E-state index contributed by atoms with van der Waals surface area (Å²) in [4.78, 5) is 17.2. The predicted molar refractivity (Wildman–Crippen MR) is 107 cm³/mol. The molecule has 1 aliphatic rings. The molecule has 4 rings (SSSR count). The van der Waals surface area contributed by atoms with E-state index in [-0.39, 0.29) is 0 Å². The molecule has 0 saturated carbocycles. The number of benzene rings is 2. The molecule has 0 radical (unpaired) electrons. The Morgan fingerprint density at radius 1 is 1.12 bits per heavy atom.